The van der Waals surface area contributed by atoms with Crippen LogP contribution < -0.4 is 4.90 Å². The van der Waals surface area contributed by atoms with Gasteiger partial charge in [-0.2, -0.15) is 4.52 Å². The highest BCUT2D eigenvalue weighted by Gasteiger charge is 2.36. The van der Waals surface area contributed by atoms with Crippen LogP contribution in [0.5, 0.6) is 5.88 Å². The zero-order valence-corrected chi connectivity index (χ0v) is 16.7. The number of thiazole rings is 1. The van der Waals surface area contributed by atoms with Gasteiger partial charge in [-0.3, -0.25) is 4.79 Å². The molecule has 0 spiro atoms. The van der Waals surface area contributed by atoms with Gasteiger partial charge in [0.2, 0.25) is 16.7 Å². The fraction of sp³-hybridized carbons (Fsp3) is 0.471. The summed E-state index contributed by atoms with van der Waals surface area (Å²) in [7, 11) is 0. The summed E-state index contributed by atoms with van der Waals surface area (Å²) in [6, 6.07) is 2.16. The van der Waals surface area contributed by atoms with Crippen LogP contribution in [0.15, 0.2) is 11.4 Å². The van der Waals surface area contributed by atoms with Crippen molar-refractivity contribution in [3.05, 3.63) is 32.6 Å². The summed E-state index contributed by atoms with van der Waals surface area (Å²) in [4.78, 5) is 22.2. The smallest absolute Gasteiger partial charge is 0.235 e. The van der Waals surface area contributed by atoms with Crippen LogP contribution in [0.2, 0.25) is 0 Å². The lowest BCUT2D eigenvalue weighted by Crippen LogP contribution is -3.15. The zero-order valence-electron chi connectivity index (χ0n) is 15.0. The van der Waals surface area contributed by atoms with Gasteiger partial charge in [-0.15, -0.1) is 16.4 Å². The van der Waals surface area contributed by atoms with Crippen LogP contribution in [0.3, 0.4) is 0 Å². The minimum atomic E-state index is 0.0397. The second-order valence-electron chi connectivity index (χ2n) is 6.71. The Balaban J connectivity index is 1.74. The maximum Gasteiger partial charge on any atom is 0.235 e. The highest BCUT2D eigenvalue weighted by Crippen LogP contribution is 2.37. The van der Waals surface area contributed by atoms with Crippen molar-refractivity contribution < 1.29 is 14.8 Å². The van der Waals surface area contributed by atoms with E-state index in [1.54, 1.807) is 18.3 Å². The molecule has 4 rings (SSSR count). The molecule has 0 bridgehead atoms. The zero-order chi connectivity index (χ0) is 18.4. The Morgan fingerprint density at radius 3 is 2.62 bits per heavy atom. The fourth-order valence-corrected chi connectivity index (χ4v) is 5.94. The summed E-state index contributed by atoms with van der Waals surface area (Å²) in [6.07, 6.45) is 0. The fourth-order valence-electron chi connectivity index (χ4n) is 3.60. The van der Waals surface area contributed by atoms with E-state index in [4.69, 9.17) is 0 Å². The molecule has 0 unspecified atom stereocenters. The standard InChI is InChI=1S/C17H21N5O2S2/c1-10-4-9-25-14(10)13(21-7-5-20(6-8-21)12(3)23)15-16(24)22-17(26-15)18-11(2)19-22/h4,9,13,24H,5-8H2,1-3H3/p+1/t13-/m0/s1. The molecule has 0 saturated carbocycles. The van der Waals surface area contributed by atoms with Gasteiger partial charge in [0.25, 0.3) is 0 Å². The van der Waals surface area contributed by atoms with Crippen LogP contribution in [0.1, 0.15) is 34.1 Å². The monoisotopic (exact) mass is 392 g/mol. The lowest BCUT2D eigenvalue weighted by atomic mass is 10.1. The number of aromatic hydroxyl groups is 1. The number of thiophene rings is 1. The van der Waals surface area contributed by atoms with Crippen LogP contribution in [-0.4, -0.2) is 56.7 Å². The van der Waals surface area contributed by atoms with Crippen LogP contribution in [0.4, 0.5) is 0 Å². The first-order chi connectivity index (χ1) is 12.5. The van der Waals surface area contributed by atoms with Crippen molar-refractivity contribution in [1.29, 1.82) is 0 Å². The number of carbonyl (C=O) groups is 1. The molecule has 4 heterocycles. The number of quaternary nitrogens is 1. The van der Waals surface area contributed by atoms with Gasteiger partial charge in [0.15, 0.2) is 6.04 Å². The van der Waals surface area contributed by atoms with Gasteiger partial charge in [-0.05, 0) is 30.9 Å². The number of hydrogen-bond donors (Lipinski definition) is 2. The van der Waals surface area contributed by atoms with Gasteiger partial charge >= 0.3 is 0 Å². The molecule has 0 radical (unpaired) electrons. The summed E-state index contributed by atoms with van der Waals surface area (Å²) in [5.74, 6) is 0.972. The Morgan fingerprint density at radius 1 is 1.31 bits per heavy atom. The molecule has 1 fully saturated rings. The third kappa shape index (κ3) is 2.89. The number of piperazine rings is 1. The number of aryl methyl sites for hydroxylation is 2. The molecule has 26 heavy (non-hydrogen) atoms. The number of amides is 1. The van der Waals surface area contributed by atoms with Gasteiger partial charge in [-0.1, -0.05) is 11.3 Å². The largest absolute Gasteiger partial charge is 0.492 e. The lowest BCUT2D eigenvalue weighted by Gasteiger charge is -2.35. The highest BCUT2D eigenvalue weighted by atomic mass is 32.1. The van der Waals surface area contributed by atoms with Crippen LogP contribution in [0.25, 0.3) is 4.96 Å². The third-order valence-corrected chi connectivity index (χ3v) is 7.16. The van der Waals surface area contributed by atoms with Crippen molar-refractivity contribution in [2.24, 2.45) is 0 Å². The molecule has 1 amide bonds. The van der Waals surface area contributed by atoms with Gasteiger partial charge < -0.3 is 14.9 Å². The molecule has 9 heteroatoms. The first-order valence-corrected chi connectivity index (χ1v) is 10.3. The van der Waals surface area contributed by atoms with E-state index >= 15 is 0 Å². The van der Waals surface area contributed by atoms with Crippen molar-refractivity contribution in [2.75, 3.05) is 26.2 Å². The number of nitrogens with zero attached hydrogens (tertiary/aromatic N) is 4. The molecular weight excluding hydrogens is 370 g/mol. The van der Waals surface area contributed by atoms with Crippen LogP contribution >= 0.6 is 22.7 Å². The number of aromatic nitrogens is 3. The summed E-state index contributed by atoms with van der Waals surface area (Å²) < 4.78 is 1.54. The Bertz CT molecular complexity index is 952. The summed E-state index contributed by atoms with van der Waals surface area (Å²) in [5, 5.41) is 17.2. The number of carbonyl (C=O) groups excluding carboxylic acids is 1. The molecule has 0 aromatic carbocycles. The van der Waals surface area contributed by atoms with E-state index in [9.17, 15) is 9.90 Å². The van der Waals surface area contributed by atoms with E-state index in [0.717, 1.165) is 36.0 Å². The van der Waals surface area contributed by atoms with E-state index < -0.39 is 0 Å². The summed E-state index contributed by atoms with van der Waals surface area (Å²) >= 11 is 3.23. The molecule has 138 valence electrons. The van der Waals surface area contributed by atoms with Crippen LogP contribution in [-0.2, 0) is 4.79 Å². The van der Waals surface area contributed by atoms with Crippen molar-refractivity contribution >= 4 is 33.5 Å². The Hall–Kier alpha value is -1.97. The highest BCUT2D eigenvalue weighted by molar-refractivity contribution is 7.17. The van der Waals surface area contributed by atoms with E-state index in [1.165, 1.54) is 31.2 Å². The molecule has 1 aliphatic heterocycles. The van der Waals surface area contributed by atoms with Crippen molar-refractivity contribution in [1.82, 2.24) is 19.5 Å². The van der Waals surface area contributed by atoms with Crippen molar-refractivity contribution in [3.8, 4) is 5.88 Å². The normalized spacial score (nSPS) is 17.1. The molecule has 0 aliphatic carbocycles. The predicted molar refractivity (Wildman–Crippen MR) is 101 cm³/mol. The van der Waals surface area contributed by atoms with E-state index in [2.05, 4.69) is 28.5 Å². The Morgan fingerprint density at radius 2 is 2.04 bits per heavy atom. The molecule has 1 saturated heterocycles. The Labute approximate surface area is 159 Å². The minimum absolute atomic E-state index is 0.0397. The van der Waals surface area contributed by atoms with Crippen LogP contribution in [0, 0.1) is 13.8 Å². The summed E-state index contributed by atoms with van der Waals surface area (Å²) in [5.41, 5.74) is 1.23. The molecule has 3 aromatic heterocycles. The van der Waals surface area contributed by atoms with E-state index in [0.29, 0.717) is 5.82 Å². The molecule has 7 nitrogen and oxygen atoms in total. The average Bonchev–Trinajstić information content (AvgIpc) is 3.27. The van der Waals surface area contributed by atoms with E-state index in [-0.39, 0.29) is 17.8 Å². The second-order valence-corrected chi connectivity index (χ2v) is 8.67. The topological polar surface area (TPSA) is 75.2 Å². The van der Waals surface area contributed by atoms with Crippen molar-refractivity contribution in [2.45, 2.75) is 26.8 Å². The van der Waals surface area contributed by atoms with Gasteiger partial charge in [0.1, 0.15) is 10.7 Å². The number of nitrogens with one attached hydrogen (secondary N) is 1. The SMILES string of the molecule is CC(=O)N1CC[NH+]([C@@H](c2sccc2C)c2sc3nc(C)nn3c2O)CC1. The number of hydrogen-bond acceptors (Lipinski definition) is 6. The first kappa shape index (κ1) is 17.4. The van der Waals surface area contributed by atoms with Gasteiger partial charge in [0, 0.05) is 6.92 Å². The molecule has 1 atom stereocenters. The van der Waals surface area contributed by atoms with Gasteiger partial charge in [0.05, 0.1) is 31.1 Å². The first-order valence-electron chi connectivity index (χ1n) is 8.65. The summed E-state index contributed by atoms with van der Waals surface area (Å²) in [6.45, 7) is 8.76. The Kier molecular flexibility index (Phi) is 4.45. The quantitative estimate of drug-likeness (QED) is 0.698. The maximum absolute atomic E-state index is 11.7. The molecular formula is C17H22N5O2S2+. The third-order valence-electron chi connectivity index (χ3n) is 4.99. The molecule has 1 aliphatic rings. The maximum atomic E-state index is 11.7. The molecule has 2 N–H and O–H groups in total. The van der Waals surface area contributed by atoms with Crippen molar-refractivity contribution in [3.63, 3.8) is 0 Å². The lowest BCUT2D eigenvalue weighted by molar-refractivity contribution is -0.928. The van der Waals surface area contributed by atoms with Gasteiger partial charge in [-0.25, -0.2) is 4.98 Å². The second kappa shape index (κ2) is 6.64. The predicted octanol–water partition coefficient (Wildman–Crippen LogP) is 1.01. The minimum Gasteiger partial charge on any atom is -0.492 e. The average molecular weight is 393 g/mol. The number of fused-ring (bicyclic) bond motifs is 1. The van der Waals surface area contributed by atoms with E-state index in [1.807, 2.05) is 11.8 Å². The number of rotatable bonds is 3. The molecule has 3 aromatic rings.